The van der Waals surface area contributed by atoms with Gasteiger partial charge in [0, 0.05) is 0 Å². The Hall–Kier alpha value is -2.21. The van der Waals surface area contributed by atoms with Gasteiger partial charge in [-0.05, 0) is 31.2 Å². The van der Waals surface area contributed by atoms with Crippen molar-refractivity contribution in [3.8, 4) is 11.5 Å². The van der Waals surface area contributed by atoms with Crippen LogP contribution in [0.5, 0.6) is 11.5 Å². The number of anilines is 1. The fourth-order valence-electron chi connectivity index (χ4n) is 1.86. The molecule has 6 heteroatoms. The molecule has 0 heterocycles. The zero-order valence-corrected chi connectivity index (χ0v) is 12.9. The molecule has 0 aliphatic carbocycles. The Morgan fingerprint density at radius 1 is 0.905 bits per heavy atom. The highest BCUT2D eigenvalue weighted by molar-refractivity contribution is 7.92. The summed E-state index contributed by atoms with van der Waals surface area (Å²) in [5.41, 5.74) is 1.27. The Balaban J connectivity index is 2.43. The van der Waals surface area contributed by atoms with Crippen LogP contribution in [0.1, 0.15) is 5.56 Å². The molecule has 2 aromatic rings. The first-order chi connectivity index (χ1) is 9.97. The molecule has 0 atom stereocenters. The first-order valence-electron chi connectivity index (χ1n) is 6.28. The van der Waals surface area contributed by atoms with E-state index in [4.69, 9.17) is 9.47 Å². The standard InChI is InChI=1S/C15H17NO4S/c1-11-7-9-12(10-8-11)21(17,18)16-15-13(19-2)5-4-6-14(15)20-3/h4-10,16H,1-3H3. The molecule has 0 saturated carbocycles. The lowest BCUT2D eigenvalue weighted by atomic mass is 10.2. The van der Waals surface area contributed by atoms with Crippen molar-refractivity contribution in [2.45, 2.75) is 11.8 Å². The highest BCUT2D eigenvalue weighted by Gasteiger charge is 2.19. The van der Waals surface area contributed by atoms with Gasteiger partial charge in [-0.1, -0.05) is 23.8 Å². The smallest absolute Gasteiger partial charge is 0.262 e. The number of hydrogen-bond acceptors (Lipinski definition) is 4. The van der Waals surface area contributed by atoms with E-state index in [9.17, 15) is 8.42 Å². The van der Waals surface area contributed by atoms with Crippen LogP contribution in [0.3, 0.4) is 0 Å². The Morgan fingerprint density at radius 3 is 1.90 bits per heavy atom. The monoisotopic (exact) mass is 307 g/mol. The van der Waals surface area contributed by atoms with E-state index in [2.05, 4.69) is 4.72 Å². The van der Waals surface area contributed by atoms with Gasteiger partial charge < -0.3 is 9.47 Å². The normalized spacial score (nSPS) is 11.0. The zero-order valence-electron chi connectivity index (χ0n) is 12.1. The fraction of sp³-hybridized carbons (Fsp3) is 0.200. The van der Waals surface area contributed by atoms with Gasteiger partial charge in [-0.25, -0.2) is 8.42 Å². The number of methoxy groups -OCH3 is 2. The van der Waals surface area contributed by atoms with E-state index >= 15 is 0 Å². The quantitative estimate of drug-likeness (QED) is 0.922. The molecule has 0 radical (unpaired) electrons. The molecule has 2 aromatic carbocycles. The molecule has 2 rings (SSSR count). The SMILES string of the molecule is COc1cccc(OC)c1NS(=O)(=O)c1ccc(C)cc1. The number of benzene rings is 2. The summed E-state index contributed by atoms with van der Waals surface area (Å²) in [6.45, 7) is 1.90. The lowest BCUT2D eigenvalue weighted by Crippen LogP contribution is -2.14. The van der Waals surface area contributed by atoms with Crippen molar-refractivity contribution >= 4 is 15.7 Å². The van der Waals surface area contributed by atoms with Crippen LogP contribution in [0.4, 0.5) is 5.69 Å². The maximum atomic E-state index is 12.4. The largest absolute Gasteiger partial charge is 0.494 e. The van der Waals surface area contributed by atoms with Crippen LogP contribution < -0.4 is 14.2 Å². The molecule has 0 spiro atoms. The van der Waals surface area contributed by atoms with Gasteiger partial charge in [0.1, 0.15) is 17.2 Å². The van der Waals surface area contributed by atoms with Gasteiger partial charge in [0.2, 0.25) is 0 Å². The zero-order chi connectivity index (χ0) is 15.5. The molecular weight excluding hydrogens is 290 g/mol. The average Bonchev–Trinajstić information content (AvgIpc) is 2.47. The van der Waals surface area contributed by atoms with Gasteiger partial charge in [-0.15, -0.1) is 0 Å². The van der Waals surface area contributed by atoms with E-state index in [1.165, 1.54) is 14.2 Å². The summed E-state index contributed by atoms with van der Waals surface area (Å²) < 4.78 is 37.7. The van der Waals surface area contributed by atoms with Gasteiger partial charge in [-0.2, -0.15) is 0 Å². The summed E-state index contributed by atoms with van der Waals surface area (Å²) in [5.74, 6) is 0.787. The minimum Gasteiger partial charge on any atom is -0.494 e. The lowest BCUT2D eigenvalue weighted by molar-refractivity contribution is 0.398. The number of aryl methyl sites for hydroxylation is 1. The molecule has 1 N–H and O–H groups in total. The number of para-hydroxylation sites is 1. The summed E-state index contributed by atoms with van der Waals surface area (Å²) in [7, 11) is -0.764. The van der Waals surface area contributed by atoms with E-state index in [1.807, 2.05) is 6.92 Å². The van der Waals surface area contributed by atoms with Gasteiger partial charge >= 0.3 is 0 Å². The molecule has 0 bridgehead atoms. The van der Waals surface area contributed by atoms with E-state index in [1.54, 1.807) is 42.5 Å². The second kappa shape index (κ2) is 6.05. The van der Waals surface area contributed by atoms with Crippen LogP contribution >= 0.6 is 0 Å². The van der Waals surface area contributed by atoms with Crippen molar-refractivity contribution in [3.05, 3.63) is 48.0 Å². The molecule has 5 nitrogen and oxygen atoms in total. The van der Waals surface area contributed by atoms with E-state index in [0.29, 0.717) is 11.5 Å². The third-order valence-corrected chi connectivity index (χ3v) is 4.36. The van der Waals surface area contributed by atoms with E-state index < -0.39 is 10.0 Å². The summed E-state index contributed by atoms with van der Waals surface area (Å²) in [4.78, 5) is 0.182. The van der Waals surface area contributed by atoms with Gasteiger partial charge in [0.15, 0.2) is 0 Å². The Labute approximate surface area is 124 Å². The maximum Gasteiger partial charge on any atom is 0.262 e. The van der Waals surface area contributed by atoms with Crippen molar-refractivity contribution in [2.75, 3.05) is 18.9 Å². The van der Waals surface area contributed by atoms with E-state index in [0.717, 1.165) is 5.56 Å². The van der Waals surface area contributed by atoms with Crippen molar-refractivity contribution in [3.63, 3.8) is 0 Å². The first-order valence-corrected chi connectivity index (χ1v) is 7.76. The van der Waals surface area contributed by atoms with Crippen molar-refractivity contribution in [1.29, 1.82) is 0 Å². The molecule has 112 valence electrons. The highest BCUT2D eigenvalue weighted by Crippen LogP contribution is 2.35. The Kier molecular flexibility index (Phi) is 4.37. The molecule has 0 fully saturated rings. The third kappa shape index (κ3) is 3.28. The summed E-state index contributed by atoms with van der Waals surface area (Å²) in [6, 6.07) is 11.6. The van der Waals surface area contributed by atoms with Crippen molar-refractivity contribution < 1.29 is 17.9 Å². The van der Waals surface area contributed by atoms with Gasteiger partial charge in [0.05, 0.1) is 19.1 Å². The van der Waals surface area contributed by atoms with Gasteiger partial charge in [-0.3, -0.25) is 4.72 Å². The minimum atomic E-state index is -3.71. The molecule has 0 aliphatic heterocycles. The maximum absolute atomic E-state index is 12.4. The Bertz CT molecular complexity index is 702. The molecule has 0 unspecified atom stereocenters. The van der Waals surface area contributed by atoms with Crippen molar-refractivity contribution in [1.82, 2.24) is 0 Å². The second-order valence-corrected chi connectivity index (χ2v) is 6.14. The molecule has 0 aromatic heterocycles. The highest BCUT2D eigenvalue weighted by atomic mass is 32.2. The predicted octanol–water partition coefficient (Wildman–Crippen LogP) is 2.81. The summed E-state index contributed by atoms with van der Waals surface area (Å²) >= 11 is 0. The number of hydrogen-bond donors (Lipinski definition) is 1. The number of rotatable bonds is 5. The van der Waals surface area contributed by atoms with E-state index in [-0.39, 0.29) is 10.6 Å². The topological polar surface area (TPSA) is 64.6 Å². The Morgan fingerprint density at radius 2 is 1.43 bits per heavy atom. The van der Waals surface area contributed by atoms with Crippen LogP contribution in [0.15, 0.2) is 47.4 Å². The van der Waals surface area contributed by atoms with Crippen LogP contribution in [0.25, 0.3) is 0 Å². The number of nitrogens with one attached hydrogen (secondary N) is 1. The average molecular weight is 307 g/mol. The predicted molar refractivity (Wildman–Crippen MR) is 81.5 cm³/mol. The molecule has 0 amide bonds. The number of ether oxygens (including phenoxy) is 2. The first kappa shape index (κ1) is 15.2. The van der Waals surface area contributed by atoms with Crippen LogP contribution in [-0.2, 0) is 10.0 Å². The fourth-order valence-corrected chi connectivity index (χ4v) is 2.94. The molecular formula is C15H17NO4S. The van der Waals surface area contributed by atoms with Crippen LogP contribution in [0, 0.1) is 6.92 Å². The van der Waals surface area contributed by atoms with Crippen LogP contribution in [-0.4, -0.2) is 22.6 Å². The summed E-state index contributed by atoms with van der Waals surface area (Å²) in [5, 5.41) is 0. The molecule has 0 saturated heterocycles. The van der Waals surface area contributed by atoms with Gasteiger partial charge in [0.25, 0.3) is 10.0 Å². The van der Waals surface area contributed by atoms with Crippen molar-refractivity contribution in [2.24, 2.45) is 0 Å². The molecule has 0 aliphatic rings. The lowest BCUT2D eigenvalue weighted by Gasteiger charge is -2.15. The second-order valence-electron chi connectivity index (χ2n) is 4.46. The molecule has 21 heavy (non-hydrogen) atoms. The minimum absolute atomic E-state index is 0.182. The number of sulfonamides is 1. The third-order valence-electron chi connectivity index (χ3n) is 3.00. The van der Waals surface area contributed by atoms with Crippen LogP contribution in [0.2, 0.25) is 0 Å². The summed E-state index contributed by atoms with van der Waals surface area (Å²) in [6.07, 6.45) is 0.